The largest absolute Gasteiger partial charge is 0.494 e. The van der Waals surface area contributed by atoms with Gasteiger partial charge in [0.15, 0.2) is 0 Å². The molecule has 18 heavy (non-hydrogen) atoms. The summed E-state index contributed by atoms with van der Waals surface area (Å²) in [6, 6.07) is 7.60. The molecule has 1 aromatic rings. The van der Waals surface area contributed by atoms with Crippen molar-refractivity contribution in [1.82, 2.24) is 0 Å². The number of carbonyl (C=O) groups excluding carboxylic acids is 1. The van der Waals surface area contributed by atoms with Gasteiger partial charge in [0.25, 0.3) is 0 Å². The predicted octanol–water partition coefficient (Wildman–Crippen LogP) is 3.05. The van der Waals surface area contributed by atoms with Crippen molar-refractivity contribution in [1.29, 1.82) is 0 Å². The van der Waals surface area contributed by atoms with Gasteiger partial charge in [-0.05, 0) is 49.5 Å². The molecule has 0 aliphatic heterocycles. The topological polar surface area (TPSA) is 35.5 Å². The smallest absolute Gasteiger partial charge is 0.330 e. The fourth-order valence-corrected chi connectivity index (χ4v) is 1.54. The van der Waals surface area contributed by atoms with E-state index in [9.17, 15) is 4.79 Å². The van der Waals surface area contributed by atoms with E-state index in [2.05, 4.69) is 0 Å². The average molecular weight is 246 g/mol. The maximum atomic E-state index is 11.4. The number of rotatable bonds is 6. The standard InChI is InChI=1S/C15H18O3/c1-2-17-14-8-5-12(6-9-14)7-10-15(16)18-11-13-3-4-13/h5-10,13H,2-4,11H2,1H3. The highest BCUT2D eigenvalue weighted by molar-refractivity contribution is 5.87. The SMILES string of the molecule is CCOc1ccc(C=CC(=O)OCC2CC2)cc1. The van der Waals surface area contributed by atoms with Crippen LogP contribution in [0.2, 0.25) is 0 Å². The fraction of sp³-hybridized carbons (Fsp3) is 0.400. The zero-order chi connectivity index (χ0) is 12.8. The van der Waals surface area contributed by atoms with Gasteiger partial charge in [-0.1, -0.05) is 12.1 Å². The van der Waals surface area contributed by atoms with Crippen LogP contribution in [0.15, 0.2) is 30.3 Å². The van der Waals surface area contributed by atoms with Crippen LogP contribution >= 0.6 is 0 Å². The van der Waals surface area contributed by atoms with E-state index < -0.39 is 0 Å². The first-order chi connectivity index (χ1) is 8.78. The van der Waals surface area contributed by atoms with Gasteiger partial charge >= 0.3 is 5.97 Å². The van der Waals surface area contributed by atoms with Crippen LogP contribution in [0.3, 0.4) is 0 Å². The third-order valence-corrected chi connectivity index (χ3v) is 2.76. The summed E-state index contributed by atoms with van der Waals surface area (Å²) in [4.78, 5) is 11.4. The van der Waals surface area contributed by atoms with Crippen molar-refractivity contribution in [2.45, 2.75) is 19.8 Å². The molecule has 2 rings (SSSR count). The summed E-state index contributed by atoms with van der Waals surface area (Å²) in [6.07, 6.45) is 5.61. The van der Waals surface area contributed by atoms with Crippen LogP contribution in [0.4, 0.5) is 0 Å². The number of ether oxygens (including phenoxy) is 2. The third-order valence-electron chi connectivity index (χ3n) is 2.76. The van der Waals surface area contributed by atoms with Gasteiger partial charge in [-0.25, -0.2) is 4.79 Å². The molecule has 0 N–H and O–H groups in total. The molecule has 96 valence electrons. The molecule has 0 heterocycles. The number of benzene rings is 1. The molecule has 0 atom stereocenters. The number of esters is 1. The third kappa shape index (κ3) is 4.24. The Bertz CT molecular complexity index is 416. The van der Waals surface area contributed by atoms with Crippen molar-refractivity contribution in [3.05, 3.63) is 35.9 Å². The minimum absolute atomic E-state index is 0.268. The van der Waals surface area contributed by atoms with Gasteiger partial charge in [-0.3, -0.25) is 0 Å². The molecule has 0 aromatic heterocycles. The lowest BCUT2D eigenvalue weighted by molar-refractivity contribution is -0.138. The summed E-state index contributed by atoms with van der Waals surface area (Å²) < 4.78 is 10.4. The molecule has 1 fully saturated rings. The molecule has 0 radical (unpaired) electrons. The lowest BCUT2D eigenvalue weighted by atomic mass is 10.2. The number of hydrogen-bond acceptors (Lipinski definition) is 3. The quantitative estimate of drug-likeness (QED) is 0.571. The highest BCUT2D eigenvalue weighted by Gasteiger charge is 2.22. The van der Waals surface area contributed by atoms with Gasteiger partial charge in [0.1, 0.15) is 5.75 Å². The summed E-state index contributed by atoms with van der Waals surface area (Å²) in [5.74, 6) is 1.18. The molecule has 0 unspecified atom stereocenters. The summed E-state index contributed by atoms with van der Waals surface area (Å²) in [7, 11) is 0. The normalized spacial score (nSPS) is 14.7. The monoisotopic (exact) mass is 246 g/mol. The van der Waals surface area contributed by atoms with Crippen LogP contribution in [0.5, 0.6) is 5.75 Å². The van der Waals surface area contributed by atoms with Crippen LogP contribution in [-0.2, 0) is 9.53 Å². The van der Waals surface area contributed by atoms with Crippen LogP contribution in [-0.4, -0.2) is 19.2 Å². The molecule has 0 amide bonds. The van der Waals surface area contributed by atoms with E-state index in [0.29, 0.717) is 19.1 Å². The molecule has 1 aliphatic rings. The Hall–Kier alpha value is -1.77. The van der Waals surface area contributed by atoms with Crippen molar-refractivity contribution >= 4 is 12.0 Å². The molecule has 1 aliphatic carbocycles. The van der Waals surface area contributed by atoms with Gasteiger partial charge < -0.3 is 9.47 Å². The van der Waals surface area contributed by atoms with Crippen molar-refractivity contribution in [2.24, 2.45) is 5.92 Å². The summed E-state index contributed by atoms with van der Waals surface area (Å²) in [5, 5.41) is 0. The zero-order valence-corrected chi connectivity index (χ0v) is 10.6. The molecule has 0 saturated heterocycles. The average Bonchev–Trinajstić information content (AvgIpc) is 3.20. The van der Waals surface area contributed by atoms with E-state index in [-0.39, 0.29) is 5.97 Å². The maximum absolute atomic E-state index is 11.4. The van der Waals surface area contributed by atoms with Gasteiger partial charge in [0, 0.05) is 6.08 Å². The van der Waals surface area contributed by atoms with E-state index in [1.165, 1.54) is 18.9 Å². The predicted molar refractivity (Wildman–Crippen MR) is 70.3 cm³/mol. The number of hydrogen-bond donors (Lipinski definition) is 0. The van der Waals surface area contributed by atoms with E-state index in [4.69, 9.17) is 9.47 Å². The molecular formula is C15H18O3. The first-order valence-corrected chi connectivity index (χ1v) is 6.35. The van der Waals surface area contributed by atoms with Gasteiger partial charge in [-0.15, -0.1) is 0 Å². The van der Waals surface area contributed by atoms with E-state index in [0.717, 1.165) is 11.3 Å². The minimum Gasteiger partial charge on any atom is -0.494 e. The Balaban J connectivity index is 1.81. The van der Waals surface area contributed by atoms with Crippen LogP contribution in [0, 0.1) is 5.92 Å². The maximum Gasteiger partial charge on any atom is 0.330 e. The fourth-order valence-electron chi connectivity index (χ4n) is 1.54. The van der Waals surface area contributed by atoms with E-state index in [1.807, 2.05) is 31.2 Å². The molecular weight excluding hydrogens is 228 g/mol. The highest BCUT2D eigenvalue weighted by Crippen LogP contribution is 2.28. The van der Waals surface area contributed by atoms with Crippen molar-refractivity contribution in [3.63, 3.8) is 0 Å². The molecule has 0 spiro atoms. The summed E-state index contributed by atoms with van der Waals surface area (Å²) in [6.45, 7) is 3.17. The van der Waals surface area contributed by atoms with Gasteiger partial charge in [0.05, 0.1) is 13.2 Å². The highest BCUT2D eigenvalue weighted by atomic mass is 16.5. The Kier molecular flexibility index (Phi) is 4.40. The van der Waals surface area contributed by atoms with E-state index in [1.54, 1.807) is 6.08 Å². The van der Waals surface area contributed by atoms with Gasteiger partial charge in [0.2, 0.25) is 0 Å². The van der Waals surface area contributed by atoms with Crippen molar-refractivity contribution < 1.29 is 14.3 Å². The molecule has 0 bridgehead atoms. The second-order valence-electron chi connectivity index (χ2n) is 4.41. The second kappa shape index (κ2) is 6.24. The summed E-state index contributed by atoms with van der Waals surface area (Å²) in [5.41, 5.74) is 0.960. The van der Waals surface area contributed by atoms with Crippen molar-refractivity contribution in [2.75, 3.05) is 13.2 Å². The minimum atomic E-state index is -0.268. The Morgan fingerprint density at radius 1 is 1.33 bits per heavy atom. The first kappa shape index (κ1) is 12.7. The molecule has 1 aromatic carbocycles. The van der Waals surface area contributed by atoms with Crippen LogP contribution < -0.4 is 4.74 Å². The van der Waals surface area contributed by atoms with E-state index >= 15 is 0 Å². The first-order valence-electron chi connectivity index (χ1n) is 6.35. The lowest BCUT2D eigenvalue weighted by Crippen LogP contribution is -2.03. The Labute approximate surface area is 107 Å². The van der Waals surface area contributed by atoms with Gasteiger partial charge in [-0.2, -0.15) is 0 Å². The Morgan fingerprint density at radius 2 is 2.06 bits per heavy atom. The second-order valence-corrected chi connectivity index (χ2v) is 4.41. The molecule has 1 saturated carbocycles. The number of carbonyl (C=O) groups is 1. The van der Waals surface area contributed by atoms with Crippen molar-refractivity contribution in [3.8, 4) is 5.75 Å². The lowest BCUT2D eigenvalue weighted by Gasteiger charge is -2.02. The molecule has 3 heteroatoms. The van der Waals surface area contributed by atoms with Crippen LogP contribution in [0.25, 0.3) is 6.08 Å². The zero-order valence-electron chi connectivity index (χ0n) is 10.6. The van der Waals surface area contributed by atoms with Crippen LogP contribution in [0.1, 0.15) is 25.3 Å². The summed E-state index contributed by atoms with van der Waals surface area (Å²) >= 11 is 0. The molecule has 3 nitrogen and oxygen atoms in total. The Morgan fingerprint density at radius 3 is 2.67 bits per heavy atom.